The van der Waals surface area contributed by atoms with Crippen molar-refractivity contribution in [3.63, 3.8) is 0 Å². The van der Waals surface area contributed by atoms with Gasteiger partial charge >= 0.3 is 5.69 Å². The van der Waals surface area contributed by atoms with E-state index in [-0.39, 0.29) is 17.2 Å². The average Bonchev–Trinajstić information content (AvgIpc) is 2.87. The molecule has 0 saturated heterocycles. The van der Waals surface area contributed by atoms with Crippen molar-refractivity contribution in [2.24, 2.45) is 7.05 Å². The first-order valence-corrected chi connectivity index (χ1v) is 7.76. The maximum absolute atomic E-state index is 12.2. The molecule has 0 bridgehead atoms. The van der Waals surface area contributed by atoms with E-state index in [1.807, 2.05) is 19.2 Å². The quantitative estimate of drug-likeness (QED) is 0.877. The van der Waals surface area contributed by atoms with E-state index in [0.717, 1.165) is 16.6 Å². The number of hydrogen-bond donors (Lipinski definition) is 2. The lowest BCUT2D eigenvalue weighted by Gasteiger charge is -2.15. The third-order valence-corrected chi connectivity index (χ3v) is 4.36. The van der Waals surface area contributed by atoms with Crippen molar-refractivity contribution in [1.82, 2.24) is 9.13 Å². The smallest absolute Gasteiger partial charge is 0.332 e. The number of aromatic nitrogens is 2. The number of nitrogen functional groups attached to an aromatic ring is 1. The first-order chi connectivity index (χ1) is 9.97. The molecular weight excluding hydrogens is 288 g/mol. The number of nitrogens with zero attached hydrogens (tertiary/aromatic N) is 2. The Bertz CT molecular complexity index is 757. The molecular formula is C14H20N4O2S. The Morgan fingerprint density at radius 3 is 2.62 bits per heavy atom. The number of rotatable bonds is 5. The molecule has 114 valence electrons. The second-order valence-corrected chi connectivity index (χ2v) is 5.74. The molecule has 0 atom stereocenters. The van der Waals surface area contributed by atoms with Gasteiger partial charge in [-0.2, -0.15) is 11.3 Å². The van der Waals surface area contributed by atoms with Crippen molar-refractivity contribution < 1.29 is 0 Å². The summed E-state index contributed by atoms with van der Waals surface area (Å²) in [5.74, 6) is 0.206. The van der Waals surface area contributed by atoms with Gasteiger partial charge < -0.3 is 11.1 Å². The highest BCUT2D eigenvalue weighted by Gasteiger charge is 2.14. The van der Waals surface area contributed by atoms with Crippen LogP contribution in [-0.2, 0) is 20.1 Å². The Labute approximate surface area is 126 Å². The third kappa shape index (κ3) is 2.87. The summed E-state index contributed by atoms with van der Waals surface area (Å²) in [6, 6.07) is 0. The Kier molecular flexibility index (Phi) is 4.52. The molecule has 0 amide bonds. The minimum Gasteiger partial charge on any atom is -0.383 e. The molecule has 0 aliphatic carbocycles. The van der Waals surface area contributed by atoms with E-state index in [4.69, 9.17) is 5.73 Å². The molecule has 0 spiro atoms. The van der Waals surface area contributed by atoms with Crippen LogP contribution in [0.15, 0.2) is 20.3 Å². The molecule has 7 heteroatoms. The molecule has 6 nitrogen and oxygen atoms in total. The fourth-order valence-electron chi connectivity index (χ4n) is 2.14. The highest BCUT2D eigenvalue weighted by molar-refractivity contribution is 7.08. The predicted molar refractivity (Wildman–Crippen MR) is 87.0 cm³/mol. The Morgan fingerprint density at radius 2 is 2.05 bits per heavy atom. The summed E-state index contributed by atoms with van der Waals surface area (Å²) in [6.45, 7) is 4.98. The van der Waals surface area contributed by atoms with Crippen LogP contribution in [0.5, 0.6) is 0 Å². The Morgan fingerprint density at radius 1 is 1.33 bits per heavy atom. The number of nitrogens with one attached hydrogen (secondary N) is 1. The van der Waals surface area contributed by atoms with E-state index in [9.17, 15) is 9.59 Å². The molecule has 21 heavy (non-hydrogen) atoms. The van der Waals surface area contributed by atoms with Crippen LogP contribution in [0.25, 0.3) is 0 Å². The van der Waals surface area contributed by atoms with E-state index in [1.165, 1.54) is 17.2 Å². The van der Waals surface area contributed by atoms with Gasteiger partial charge in [0.15, 0.2) is 0 Å². The van der Waals surface area contributed by atoms with Gasteiger partial charge in [0.1, 0.15) is 11.5 Å². The van der Waals surface area contributed by atoms with Gasteiger partial charge in [-0.3, -0.25) is 13.9 Å². The SMILES string of the molecule is CCCn1c(N)c(NCc2cscc2C)c(=O)n(C)c1=O. The zero-order chi connectivity index (χ0) is 15.6. The van der Waals surface area contributed by atoms with Crippen molar-refractivity contribution in [2.45, 2.75) is 33.4 Å². The van der Waals surface area contributed by atoms with Crippen LogP contribution in [-0.4, -0.2) is 9.13 Å². The molecule has 0 aromatic carbocycles. The summed E-state index contributed by atoms with van der Waals surface area (Å²) in [4.78, 5) is 24.3. The van der Waals surface area contributed by atoms with Crippen molar-refractivity contribution in [2.75, 3.05) is 11.1 Å². The van der Waals surface area contributed by atoms with Crippen LogP contribution in [0.2, 0.25) is 0 Å². The molecule has 2 aromatic rings. The largest absolute Gasteiger partial charge is 0.383 e. The van der Waals surface area contributed by atoms with Gasteiger partial charge in [-0.25, -0.2) is 4.79 Å². The first kappa shape index (κ1) is 15.4. The molecule has 0 radical (unpaired) electrons. The maximum atomic E-state index is 12.2. The van der Waals surface area contributed by atoms with Crippen molar-refractivity contribution in [3.05, 3.63) is 42.7 Å². The van der Waals surface area contributed by atoms with Crippen molar-refractivity contribution in [3.8, 4) is 0 Å². The Hall–Kier alpha value is -2.02. The fourth-order valence-corrected chi connectivity index (χ4v) is 3.00. The van der Waals surface area contributed by atoms with Crippen LogP contribution in [0.1, 0.15) is 24.5 Å². The number of anilines is 2. The molecule has 2 heterocycles. The molecule has 2 aromatic heterocycles. The normalized spacial score (nSPS) is 10.8. The van der Waals surface area contributed by atoms with Gasteiger partial charge in [0.2, 0.25) is 0 Å². The van der Waals surface area contributed by atoms with Crippen LogP contribution in [0, 0.1) is 6.92 Å². The van der Waals surface area contributed by atoms with Gasteiger partial charge in [0.05, 0.1) is 0 Å². The summed E-state index contributed by atoms with van der Waals surface area (Å²) >= 11 is 1.62. The number of hydrogen-bond acceptors (Lipinski definition) is 5. The predicted octanol–water partition coefficient (Wildman–Crippen LogP) is 1.52. The highest BCUT2D eigenvalue weighted by Crippen LogP contribution is 2.17. The zero-order valence-corrected chi connectivity index (χ0v) is 13.3. The summed E-state index contributed by atoms with van der Waals surface area (Å²) in [7, 11) is 1.47. The summed E-state index contributed by atoms with van der Waals surface area (Å²) in [6.07, 6.45) is 0.769. The van der Waals surface area contributed by atoms with Crippen molar-refractivity contribution >= 4 is 22.8 Å². The number of thiophene rings is 1. The average molecular weight is 308 g/mol. The monoisotopic (exact) mass is 308 g/mol. The lowest BCUT2D eigenvalue weighted by molar-refractivity contribution is 0.600. The van der Waals surface area contributed by atoms with Crippen LogP contribution in [0.4, 0.5) is 11.5 Å². The minimum absolute atomic E-state index is 0.206. The van der Waals surface area contributed by atoms with Crippen LogP contribution < -0.4 is 22.3 Å². The van der Waals surface area contributed by atoms with Crippen LogP contribution >= 0.6 is 11.3 Å². The maximum Gasteiger partial charge on any atom is 0.332 e. The lowest BCUT2D eigenvalue weighted by Crippen LogP contribution is -2.40. The lowest BCUT2D eigenvalue weighted by atomic mass is 10.2. The second-order valence-electron chi connectivity index (χ2n) is 4.99. The van der Waals surface area contributed by atoms with E-state index < -0.39 is 5.56 Å². The molecule has 0 aliphatic heterocycles. The topological polar surface area (TPSA) is 82.0 Å². The van der Waals surface area contributed by atoms with E-state index >= 15 is 0 Å². The van der Waals surface area contributed by atoms with Crippen LogP contribution in [0.3, 0.4) is 0 Å². The van der Waals surface area contributed by atoms with Gasteiger partial charge in [-0.1, -0.05) is 6.92 Å². The standard InChI is InChI=1S/C14H20N4O2S/c1-4-5-18-12(15)11(13(19)17(3)14(18)20)16-6-10-8-21-7-9(10)2/h7-8,16H,4-6,15H2,1-3H3. The number of nitrogens with two attached hydrogens (primary N) is 1. The van der Waals surface area contributed by atoms with E-state index in [2.05, 4.69) is 10.7 Å². The first-order valence-electron chi connectivity index (χ1n) is 6.82. The number of aryl methyl sites for hydroxylation is 1. The van der Waals surface area contributed by atoms with Gasteiger partial charge in [-0.15, -0.1) is 0 Å². The molecule has 0 unspecified atom stereocenters. The molecule has 0 saturated carbocycles. The highest BCUT2D eigenvalue weighted by atomic mass is 32.1. The zero-order valence-electron chi connectivity index (χ0n) is 12.5. The van der Waals surface area contributed by atoms with Gasteiger partial charge in [0, 0.05) is 20.1 Å². The van der Waals surface area contributed by atoms with Gasteiger partial charge in [-0.05, 0) is 35.2 Å². The second kappa shape index (κ2) is 6.17. The Balaban J connectivity index is 2.41. The summed E-state index contributed by atoms with van der Waals surface area (Å²) in [5, 5.41) is 7.16. The van der Waals surface area contributed by atoms with Crippen molar-refractivity contribution in [1.29, 1.82) is 0 Å². The summed E-state index contributed by atoms with van der Waals surface area (Å²) in [5.41, 5.74) is 7.82. The molecule has 0 aliphatic rings. The van der Waals surface area contributed by atoms with E-state index in [1.54, 1.807) is 11.3 Å². The molecule has 3 N–H and O–H groups in total. The summed E-state index contributed by atoms with van der Waals surface area (Å²) < 4.78 is 2.53. The van der Waals surface area contributed by atoms with E-state index in [0.29, 0.717) is 13.1 Å². The molecule has 0 fully saturated rings. The minimum atomic E-state index is -0.391. The molecule has 2 rings (SSSR count). The fraction of sp³-hybridized carbons (Fsp3) is 0.429. The van der Waals surface area contributed by atoms with Gasteiger partial charge in [0.25, 0.3) is 5.56 Å². The third-order valence-electron chi connectivity index (χ3n) is 3.45.